The number of esters is 1. The first-order valence-corrected chi connectivity index (χ1v) is 8.95. The minimum Gasteiger partial charge on any atom is -0.453 e. The van der Waals surface area contributed by atoms with E-state index < -0.39 is 24.0 Å². The molecule has 27 heavy (non-hydrogen) atoms. The molecule has 0 saturated carbocycles. The molecule has 148 valence electrons. The van der Waals surface area contributed by atoms with Crippen molar-refractivity contribution in [2.45, 2.75) is 52.2 Å². The van der Waals surface area contributed by atoms with Crippen LogP contribution < -0.4 is 16.0 Å². The van der Waals surface area contributed by atoms with Gasteiger partial charge in [-0.15, -0.1) is 0 Å². The summed E-state index contributed by atoms with van der Waals surface area (Å²) in [5.74, 6) is -1.26. The Kier molecular flexibility index (Phi) is 10.2. The predicted molar refractivity (Wildman–Crippen MR) is 99.5 cm³/mol. The maximum Gasteiger partial charge on any atom is 0.321 e. The maximum atomic E-state index is 11.9. The fraction of sp³-hybridized carbons (Fsp3) is 0.474. The average Bonchev–Trinajstić information content (AvgIpc) is 2.63. The molecule has 0 fully saturated rings. The van der Waals surface area contributed by atoms with Crippen molar-refractivity contribution < 1.29 is 23.9 Å². The molecule has 0 aliphatic rings. The van der Waals surface area contributed by atoms with Crippen molar-refractivity contribution in [2.24, 2.45) is 0 Å². The van der Waals surface area contributed by atoms with E-state index in [9.17, 15) is 19.2 Å². The number of hydrogen-bond donors (Lipinski definition) is 3. The van der Waals surface area contributed by atoms with Gasteiger partial charge in [-0.3, -0.25) is 19.7 Å². The summed E-state index contributed by atoms with van der Waals surface area (Å²) in [6.45, 7) is 3.72. The summed E-state index contributed by atoms with van der Waals surface area (Å²) in [5, 5.41) is 7.38. The SMILES string of the molecule is CC(=O)NCCCCCC(=O)OC(C)C(=O)NC(=O)NCc1ccccc1. The lowest BCUT2D eigenvalue weighted by molar-refractivity contribution is -0.154. The standard InChI is InChI=1S/C19H27N3O5/c1-14(27-17(24)11-7-4-8-12-20-15(2)23)18(25)22-19(26)21-13-16-9-5-3-6-10-16/h3,5-6,9-10,14H,4,7-8,11-13H2,1-2H3,(H,20,23)(H2,21,22,25,26). The number of benzene rings is 1. The van der Waals surface area contributed by atoms with E-state index in [1.807, 2.05) is 30.3 Å². The van der Waals surface area contributed by atoms with Gasteiger partial charge in [0, 0.05) is 26.4 Å². The molecule has 3 N–H and O–H groups in total. The van der Waals surface area contributed by atoms with E-state index in [0.29, 0.717) is 13.0 Å². The molecule has 0 radical (unpaired) electrons. The third-order valence-corrected chi connectivity index (χ3v) is 3.64. The second-order valence-corrected chi connectivity index (χ2v) is 6.08. The van der Waals surface area contributed by atoms with Gasteiger partial charge >= 0.3 is 12.0 Å². The van der Waals surface area contributed by atoms with Crippen molar-refractivity contribution in [3.8, 4) is 0 Å². The normalized spacial score (nSPS) is 11.2. The van der Waals surface area contributed by atoms with Crippen molar-refractivity contribution in [1.82, 2.24) is 16.0 Å². The monoisotopic (exact) mass is 377 g/mol. The van der Waals surface area contributed by atoms with Crippen LogP contribution in [0, 0.1) is 0 Å². The van der Waals surface area contributed by atoms with Crippen molar-refractivity contribution >= 4 is 23.8 Å². The summed E-state index contributed by atoms with van der Waals surface area (Å²) in [7, 11) is 0. The summed E-state index contributed by atoms with van der Waals surface area (Å²) in [6, 6.07) is 8.62. The zero-order chi connectivity index (χ0) is 20.1. The highest BCUT2D eigenvalue weighted by Crippen LogP contribution is 2.03. The van der Waals surface area contributed by atoms with Gasteiger partial charge in [-0.25, -0.2) is 4.79 Å². The predicted octanol–water partition coefficient (Wildman–Crippen LogP) is 1.64. The topological polar surface area (TPSA) is 114 Å². The largest absolute Gasteiger partial charge is 0.453 e. The molecule has 1 aromatic carbocycles. The van der Waals surface area contributed by atoms with Gasteiger partial charge < -0.3 is 15.4 Å². The fourth-order valence-electron chi connectivity index (χ4n) is 2.18. The molecule has 0 bridgehead atoms. The smallest absolute Gasteiger partial charge is 0.321 e. The van der Waals surface area contributed by atoms with E-state index >= 15 is 0 Å². The minimum atomic E-state index is -1.06. The summed E-state index contributed by atoms with van der Waals surface area (Å²) in [6.07, 6.45) is 1.25. The molecular formula is C19H27N3O5. The molecule has 1 rings (SSSR count). The minimum absolute atomic E-state index is 0.0814. The molecule has 0 saturated heterocycles. The number of hydrogen-bond acceptors (Lipinski definition) is 5. The first-order chi connectivity index (χ1) is 12.9. The van der Waals surface area contributed by atoms with Gasteiger partial charge in [0.1, 0.15) is 0 Å². The number of nitrogens with one attached hydrogen (secondary N) is 3. The Morgan fingerprint density at radius 2 is 1.70 bits per heavy atom. The number of imide groups is 1. The Morgan fingerprint density at radius 1 is 1.00 bits per heavy atom. The second kappa shape index (κ2) is 12.5. The zero-order valence-corrected chi connectivity index (χ0v) is 15.7. The Hall–Kier alpha value is -2.90. The molecule has 1 atom stereocenters. The second-order valence-electron chi connectivity index (χ2n) is 6.08. The number of amides is 4. The van der Waals surface area contributed by atoms with Crippen LogP contribution in [-0.4, -0.2) is 36.5 Å². The van der Waals surface area contributed by atoms with Crippen LogP contribution in [0.3, 0.4) is 0 Å². The lowest BCUT2D eigenvalue weighted by atomic mass is 10.2. The van der Waals surface area contributed by atoms with Gasteiger partial charge in [-0.1, -0.05) is 36.8 Å². The van der Waals surface area contributed by atoms with E-state index in [-0.39, 0.29) is 18.9 Å². The molecule has 4 amide bonds. The molecule has 8 nitrogen and oxygen atoms in total. The van der Waals surface area contributed by atoms with Crippen molar-refractivity contribution in [1.29, 1.82) is 0 Å². The third kappa shape index (κ3) is 10.6. The molecule has 0 aliphatic heterocycles. The number of carbonyl (C=O) groups excluding carboxylic acids is 4. The van der Waals surface area contributed by atoms with Crippen LogP contribution >= 0.6 is 0 Å². The van der Waals surface area contributed by atoms with Crippen molar-refractivity contribution in [3.05, 3.63) is 35.9 Å². The zero-order valence-electron chi connectivity index (χ0n) is 15.7. The molecule has 1 aromatic rings. The molecule has 0 aliphatic carbocycles. The van der Waals surface area contributed by atoms with Crippen LogP contribution in [0.4, 0.5) is 4.79 Å². The number of urea groups is 1. The van der Waals surface area contributed by atoms with Crippen LogP contribution in [0.5, 0.6) is 0 Å². The fourth-order valence-corrected chi connectivity index (χ4v) is 2.18. The van der Waals surface area contributed by atoms with Crippen LogP contribution in [0.25, 0.3) is 0 Å². The Morgan fingerprint density at radius 3 is 2.37 bits per heavy atom. The highest BCUT2D eigenvalue weighted by Gasteiger charge is 2.19. The van der Waals surface area contributed by atoms with Gasteiger partial charge in [0.25, 0.3) is 5.91 Å². The number of ether oxygens (including phenoxy) is 1. The van der Waals surface area contributed by atoms with Crippen LogP contribution in [0.15, 0.2) is 30.3 Å². The van der Waals surface area contributed by atoms with Crippen molar-refractivity contribution in [2.75, 3.05) is 6.54 Å². The van der Waals surface area contributed by atoms with E-state index in [1.165, 1.54) is 13.8 Å². The number of carbonyl (C=O) groups is 4. The summed E-state index contributed by atoms with van der Waals surface area (Å²) in [5.41, 5.74) is 0.901. The Labute approximate surface area is 159 Å². The van der Waals surface area contributed by atoms with Crippen LogP contribution in [0.1, 0.15) is 45.1 Å². The summed E-state index contributed by atoms with van der Waals surface area (Å²) in [4.78, 5) is 46.0. The van der Waals surface area contributed by atoms with E-state index in [4.69, 9.17) is 4.74 Å². The third-order valence-electron chi connectivity index (χ3n) is 3.64. The van der Waals surface area contributed by atoms with Gasteiger partial charge in [0.2, 0.25) is 5.91 Å². The van der Waals surface area contributed by atoms with E-state index in [1.54, 1.807) is 0 Å². The molecule has 0 heterocycles. The first-order valence-electron chi connectivity index (χ1n) is 8.95. The van der Waals surface area contributed by atoms with Crippen LogP contribution in [-0.2, 0) is 25.7 Å². The molecule has 1 unspecified atom stereocenters. The summed E-state index contributed by atoms with van der Waals surface area (Å²) < 4.78 is 5.02. The Bertz CT molecular complexity index is 633. The molecule has 0 aromatic heterocycles. The van der Waals surface area contributed by atoms with Crippen molar-refractivity contribution in [3.63, 3.8) is 0 Å². The molecular weight excluding hydrogens is 350 g/mol. The first kappa shape index (κ1) is 22.1. The quantitative estimate of drug-likeness (QED) is 0.424. The van der Waals surface area contributed by atoms with Gasteiger partial charge in [-0.2, -0.15) is 0 Å². The average molecular weight is 377 g/mol. The number of unbranched alkanes of at least 4 members (excludes halogenated alkanes) is 2. The lowest BCUT2D eigenvalue weighted by Crippen LogP contribution is -2.44. The van der Waals surface area contributed by atoms with Gasteiger partial charge in [0.15, 0.2) is 6.10 Å². The highest BCUT2D eigenvalue weighted by atomic mass is 16.5. The van der Waals surface area contributed by atoms with E-state index in [2.05, 4.69) is 16.0 Å². The van der Waals surface area contributed by atoms with Gasteiger partial charge in [0.05, 0.1) is 0 Å². The summed E-state index contributed by atoms with van der Waals surface area (Å²) >= 11 is 0. The van der Waals surface area contributed by atoms with Crippen LogP contribution in [0.2, 0.25) is 0 Å². The van der Waals surface area contributed by atoms with Gasteiger partial charge in [-0.05, 0) is 25.3 Å². The number of rotatable bonds is 10. The maximum absolute atomic E-state index is 11.9. The Balaban J connectivity index is 2.17. The lowest BCUT2D eigenvalue weighted by Gasteiger charge is -2.13. The molecule has 8 heteroatoms. The van der Waals surface area contributed by atoms with E-state index in [0.717, 1.165) is 18.4 Å². The highest BCUT2D eigenvalue weighted by molar-refractivity contribution is 5.97. The molecule has 0 spiro atoms.